The fourth-order valence-corrected chi connectivity index (χ4v) is 2.84. The molecule has 1 aliphatic heterocycles. The van der Waals surface area contributed by atoms with Crippen molar-refractivity contribution in [3.8, 4) is 0 Å². The molecular weight excluding hydrogens is 344 g/mol. The van der Waals surface area contributed by atoms with Crippen LogP contribution in [0.5, 0.6) is 0 Å². The van der Waals surface area contributed by atoms with E-state index in [1.54, 1.807) is 59.6 Å². The Bertz CT molecular complexity index is 838. The summed E-state index contributed by atoms with van der Waals surface area (Å²) >= 11 is 5.89. The topological polar surface area (TPSA) is 79.0 Å². The van der Waals surface area contributed by atoms with Crippen LogP contribution in [0.3, 0.4) is 0 Å². The average Bonchev–Trinajstić information content (AvgIpc) is 2.98. The van der Waals surface area contributed by atoms with Gasteiger partial charge in [0.15, 0.2) is 12.5 Å². The van der Waals surface area contributed by atoms with Crippen molar-refractivity contribution < 1.29 is 9.72 Å². The number of benzene rings is 2. The van der Waals surface area contributed by atoms with E-state index in [0.717, 1.165) is 17.5 Å². The summed E-state index contributed by atoms with van der Waals surface area (Å²) in [5, 5.41) is 17.4. The monoisotopic (exact) mass is 358 g/mol. The minimum Gasteiger partial charge on any atom is -0.329 e. The highest BCUT2D eigenvalue weighted by atomic mass is 35.5. The van der Waals surface area contributed by atoms with Crippen LogP contribution in [0.1, 0.15) is 11.1 Å². The Balaban J connectivity index is 1.78. The zero-order chi connectivity index (χ0) is 18.0. The van der Waals surface area contributed by atoms with E-state index in [9.17, 15) is 14.9 Å². The van der Waals surface area contributed by atoms with Gasteiger partial charge in [0.1, 0.15) is 6.34 Å². The molecule has 0 saturated heterocycles. The fourth-order valence-electron chi connectivity index (χ4n) is 2.71. The van der Waals surface area contributed by atoms with Crippen LogP contribution in [0.15, 0.2) is 47.6 Å². The van der Waals surface area contributed by atoms with Crippen molar-refractivity contribution >= 4 is 35.6 Å². The molecule has 0 aliphatic carbocycles. The van der Waals surface area contributed by atoms with Gasteiger partial charge in [-0.2, -0.15) is 5.10 Å². The molecule has 1 aliphatic rings. The highest BCUT2D eigenvalue weighted by Crippen LogP contribution is 2.26. The first-order valence-electron chi connectivity index (χ1n) is 7.53. The number of halogens is 1. The Hall–Kier alpha value is -2.93. The number of nitro benzene ring substituents is 1. The molecule has 3 rings (SSSR count). The maximum Gasteiger partial charge on any atom is 0.272 e. The standard InChI is InChI=1S/C17H15ClN4O3/c1-12-8-13(2-7-16(12)22(24)25)9-20-11-19-21(17(20)10-23)15-5-3-14(18)4-6-15/h2-8,10-11,17H,9H2,1H3. The predicted molar refractivity (Wildman–Crippen MR) is 95.7 cm³/mol. The number of nitrogens with zero attached hydrogens (tertiary/aromatic N) is 4. The van der Waals surface area contributed by atoms with Crippen molar-refractivity contribution in [1.82, 2.24) is 4.90 Å². The van der Waals surface area contributed by atoms with E-state index < -0.39 is 11.1 Å². The Kier molecular flexibility index (Phi) is 4.67. The number of anilines is 1. The predicted octanol–water partition coefficient (Wildman–Crippen LogP) is 3.35. The van der Waals surface area contributed by atoms with E-state index >= 15 is 0 Å². The van der Waals surface area contributed by atoms with Crippen molar-refractivity contribution in [1.29, 1.82) is 0 Å². The molecule has 2 aromatic rings. The lowest BCUT2D eigenvalue weighted by Gasteiger charge is -2.26. The number of carbonyl (C=O) groups is 1. The Morgan fingerprint density at radius 1 is 1.28 bits per heavy atom. The van der Waals surface area contributed by atoms with Gasteiger partial charge in [-0.1, -0.05) is 17.7 Å². The van der Waals surface area contributed by atoms with Crippen LogP contribution in [-0.4, -0.2) is 28.6 Å². The SMILES string of the molecule is Cc1cc(CN2C=NN(c3ccc(Cl)cc3)C2C=O)ccc1[N+](=O)[O-]. The van der Waals surface area contributed by atoms with Gasteiger partial charge in [0, 0.05) is 23.2 Å². The number of nitro groups is 1. The second-order valence-electron chi connectivity index (χ2n) is 5.65. The minimum atomic E-state index is -0.586. The van der Waals surface area contributed by atoms with Gasteiger partial charge >= 0.3 is 0 Å². The largest absolute Gasteiger partial charge is 0.329 e. The molecule has 1 heterocycles. The molecule has 8 heteroatoms. The normalized spacial score (nSPS) is 16.3. The molecule has 0 radical (unpaired) electrons. The van der Waals surface area contributed by atoms with E-state index in [2.05, 4.69) is 5.10 Å². The van der Waals surface area contributed by atoms with Crippen LogP contribution < -0.4 is 5.01 Å². The number of carbonyl (C=O) groups excluding carboxylic acids is 1. The molecule has 25 heavy (non-hydrogen) atoms. The smallest absolute Gasteiger partial charge is 0.272 e. The third-order valence-electron chi connectivity index (χ3n) is 3.95. The zero-order valence-corrected chi connectivity index (χ0v) is 14.1. The lowest BCUT2D eigenvalue weighted by atomic mass is 10.1. The first kappa shape index (κ1) is 16.9. The molecular formula is C17H15ClN4O3. The molecule has 0 aromatic heterocycles. The van der Waals surface area contributed by atoms with Gasteiger partial charge in [-0.15, -0.1) is 0 Å². The lowest BCUT2D eigenvalue weighted by Crippen LogP contribution is -2.40. The zero-order valence-electron chi connectivity index (χ0n) is 13.4. The summed E-state index contributed by atoms with van der Waals surface area (Å²) in [5.41, 5.74) is 2.27. The van der Waals surface area contributed by atoms with Crippen molar-refractivity contribution in [2.24, 2.45) is 5.10 Å². The summed E-state index contributed by atoms with van der Waals surface area (Å²) in [6.07, 6.45) is 1.81. The molecule has 1 unspecified atom stereocenters. The number of rotatable bonds is 5. The summed E-state index contributed by atoms with van der Waals surface area (Å²) in [4.78, 5) is 23.9. The molecule has 0 bridgehead atoms. The summed E-state index contributed by atoms with van der Waals surface area (Å²) in [5.74, 6) is 0. The maximum atomic E-state index is 11.6. The van der Waals surface area contributed by atoms with Gasteiger partial charge in [-0.3, -0.25) is 14.9 Å². The molecule has 0 amide bonds. The van der Waals surface area contributed by atoms with E-state index in [1.165, 1.54) is 6.07 Å². The molecule has 128 valence electrons. The van der Waals surface area contributed by atoms with Gasteiger partial charge in [0.25, 0.3) is 5.69 Å². The molecule has 0 saturated carbocycles. The molecule has 0 spiro atoms. The van der Waals surface area contributed by atoms with E-state index in [4.69, 9.17) is 11.6 Å². The van der Waals surface area contributed by atoms with Gasteiger partial charge in [0.2, 0.25) is 0 Å². The minimum absolute atomic E-state index is 0.0774. The first-order valence-corrected chi connectivity index (χ1v) is 7.91. The van der Waals surface area contributed by atoms with Gasteiger partial charge in [-0.25, -0.2) is 5.01 Å². The quantitative estimate of drug-likeness (QED) is 0.465. The number of aldehydes is 1. The summed E-state index contributed by atoms with van der Waals surface area (Å²) in [6, 6.07) is 12.0. The van der Waals surface area contributed by atoms with Crippen molar-refractivity contribution in [3.05, 3.63) is 68.7 Å². The van der Waals surface area contributed by atoms with E-state index in [1.807, 2.05) is 0 Å². The van der Waals surface area contributed by atoms with Gasteiger partial charge in [-0.05, 0) is 42.8 Å². The van der Waals surface area contributed by atoms with Crippen molar-refractivity contribution in [3.63, 3.8) is 0 Å². The number of hydrazone groups is 1. The summed E-state index contributed by atoms with van der Waals surface area (Å²) in [7, 11) is 0. The first-order chi connectivity index (χ1) is 12.0. The highest BCUT2D eigenvalue weighted by Gasteiger charge is 2.29. The van der Waals surface area contributed by atoms with Crippen LogP contribution in [0.4, 0.5) is 11.4 Å². The van der Waals surface area contributed by atoms with Crippen LogP contribution in [0.2, 0.25) is 5.02 Å². The number of aryl methyl sites for hydroxylation is 1. The Morgan fingerprint density at radius 2 is 2.00 bits per heavy atom. The second kappa shape index (κ2) is 6.90. The number of hydrogen-bond donors (Lipinski definition) is 0. The fraction of sp³-hybridized carbons (Fsp3) is 0.176. The van der Waals surface area contributed by atoms with Crippen molar-refractivity contribution in [2.75, 3.05) is 5.01 Å². The molecule has 7 nitrogen and oxygen atoms in total. The average molecular weight is 359 g/mol. The lowest BCUT2D eigenvalue weighted by molar-refractivity contribution is -0.385. The van der Waals surface area contributed by atoms with Crippen molar-refractivity contribution in [2.45, 2.75) is 19.6 Å². The van der Waals surface area contributed by atoms with Crippen LogP contribution in [-0.2, 0) is 11.3 Å². The molecule has 0 N–H and O–H groups in total. The van der Waals surface area contributed by atoms with Crippen LogP contribution in [0, 0.1) is 17.0 Å². The molecule has 1 atom stereocenters. The third kappa shape index (κ3) is 3.46. The maximum absolute atomic E-state index is 11.6. The Labute approximate surface area is 149 Å². The highest BCUT2D eigenvalue weighted by molar-refractivity contribution is 6.30. The van der Waals surface area contributed by atoms with Crippen LogP contribution in [0.25, 0.3) is 0 Å². The third-order valence-corrected chi connectivity index (χ3v) is 4.20. The van der Waals surface area contributed by atoms with Crippen LogP contribution >= 0.6 is 11.6 Å². The molecule has 0 fully saturated rings. The summed E-state index contributed by atoms with van der Waals surface area (Å²) < 4.78 is 0. The molecule has 2 aromatic carbocycles. The van der Waals surface area contributed by atoms with Gasteiger partial charge in [0.05, 0.1) is 10.6 Å². The van der Waals surface area contributed by atoms with E-state index in [-0.39, 0.29) is 5.69 Å². The van der Waals surface area contributed by atoms with E-state index in [0.29, 0.717) is 17.1 Å². The summed E-state index contributed by atoms with van der Waals surface area (Å²) in [6.45, 7) is 2.10. The second-order valence-corrected chi connectivity index (χ2v) is 6.09. The number of hydrogen-bond acceptors (Lipinski definition) is 6. The van der Waals surface area contributed by atoms with Gasteiger partial charge < -0.3 is 4.90 Å². The Morgan fingerprint density at radius 3 is 2.60 bits per heavy atom.